The van der Waals surface area contributed by atoms with Crippen LogP contribution < -0.4 is 10.2 Å². The molecule has 0 unspecified atom stereocenters. The molecule has 3 rings (SSSR count). The van der Waals surface area contributed by atoms with Crippen LogP contribution >= 0.6 is 0 Å². The van der Waals surface area contributed by atoms with E-state index in [2.05, 4.69) is 10.4 Å². The Bertz CT molecular complexity index is 1180. The minimum Gasteiger partial charge on any atom is -0.449 e. The quantitative estimate of drug-likeness (QED) is 0.573. The molecule has 0 spiro atoms. The van der Waals surface area contributed by atoms with Gasteiger partial charge in [0, 0.05) is 34.2 Å². The number of amides is 1. The zero-order valence-corrected chi connectivity index (χ0v) is 21.1. The van der Waals surface area contributed by atoms with Gasteiger partial charge in [0.05, 0.1) is 46.4 Å². The Morgan fingerprint density at radius 1 is 1.21 bits per heavy atom. The number of carbonyl (C=O) groups is 2. The molecule has 34 heavy (non-hydrogen) atoms. The monoisotopic (exact) mass is 493 g/mol. The molecule has 1 aromatic heterocycles. The van der Waals surface area contributed by atoms with Crippen molar-refractivity contribution in [1.82, 2.24) is 14.1 Å². The molecule has 1 atom stereocenters. The lowest BCUT2D eigenvalue weighted by atomic mass is 10.1. The molecule has 0 bridgehead atoms. The maximum Gasteiger partial charge on any atom is 0.341 e. The van der Waals surface area contributed by atoms with Crippen LogP contribution in [-0.4, -0.2) is 80.9 Å². The maximum atomic E-state index is 13.2. The summed E-state index contributed by atoms with van der Waals surface area (Å²) in [6.07, 6.45) is -1.13. The fraction of sp³-hybridized carbons (Fsp3) is 0.500. The topological polar surface area (TPSA) is 123 Å². The molecular formula is C22H31N5O6S. The highest BCUT2D eigenvalue weighted by molar-refractivity contribution is 7.89. The summed E-state index contributed by atoms with van der Waals surface area (Å²) in [5.41, 5.74) is 2.56. The van der Waals surface area contributed by atoms with E-state index >= 15 is 0 Å². The number of ether oxygens (including phenoxy) is 2. The van der Waals surface area contributed by atoms with Crippen LogP contribution in [0.25, 0.3) is 0 Å². The van der Waals surface area contributed by atoms with Crippen LogP contribution in [-0.2, 0) is 31.3 Å². The molecule has 1 aliphatic rings. The van der Waals surface area contributed by atoms with Gasteiger partial charge in [-0.25, -0.2) is 17.5 Å². The summed E-state index contributed by atoms with van der Waals surface area (Å²) >= 11 is 0. The van der Waals surface area contributed by atoms with E-state index in [0.717, 1.165) is 10.00 Å². The lowest BCUT2D eigenvalue weighted by Gasteiger charge is -2.30. The van der Waals surface area contributed by atoms with Gasteiger partial charge in [-0.3, -0.25) is 9.48 Å². The van der Waals surface area contributed by atoms with Crippen molar-refractivity contribution in [2.24, 2.45) is 7.05 Å². The normalized spacial score (nSPS) is 15.3. The van der Waals surface area contributed by atoms with Gasteiger partial charge in [0.15, 0.2) is 6.10 Å². The number of rotatable bonds is 7. The van der Waals surface area contributed by atoms with Crippen molar-refractivity contribution in [1.29, 1.82) is 0 Å². The number of sulfonamides is 1. The number of esters is 1. The number of aryl methyl sites for hydroxylation is 2. The van der Waals surface area contributed by atoms with E-state index in [1.807, 2.05) is 11.8 Å². The highest BCUT2D eigenvalue weighted by atomic mass is 32.2. The number of hydrogen-bond acceptors (Lipinski definition) is 8. The predicted octanol–water partition coefficient (Wildman–Crippen LogP) is 1.31. The smallest absolute Gasteiger partial charge is 0.341 e. The summed E-state index contributed by atoms with van der Waals surface area (Å²) in [5.74, 6) is -1.31. The average molecular weight is 494 g/mol. The number of morpholine rings is 1. The number of anilines is 2. The van der Waals surface area contributed by atoms with Gasteiger partial charge in [0.2, 0.25) is 10.0 Å². The maximum absolute atomic E-state index is 13.2. The Morgan fingerprint density at radius 2 is 1.85 bits per heavy atom. The second-order valence-electron chi connectivity index (χ2n) is 8.27. The third kappa shape index (κ3) is 5.24. The van der Waals surface area contributed by atoms with Gasteiger partial charge in [-0.05, 0) is 39.0 Å². The average Bonchev–Trinajstić information content (AvgIpc) is 3.04. The molecule has 11 nitrogen and oxygen atoms in total. The molecule has 1 saturated heterocycles. The Hall–Kier alpha value is -2.96. The van der Waals surface area contributed by atoms with Gasteiger partial charge in [-0.2, -0.15) is 5.10 Å². The summed E-state index contributed by atoms with van der Waals surface area (Å²) < 4.78 is 38.9. The predicted molar refractivity (Wildman–Crippen MR) is 127 cm³/mol. The van der Waals surface area contributed by atoms with Crippen molar-refractivity contribution in [3.63, 3.8) is 0 Å². The molecule has 2 aromatic rings. The Kier molecular flexibility index (Phi) is 7.64. The van der Waals surface area contributed by atoms with Gasteiger partial charge >= 0.3 is 5.97 Å². The Morgan fingerprint density at radius 3 is 2.41 bits per heavy atom. The van der Waals surface area contributed by atoms with E-state index in [0.29, 0.717) is 43.4 Å². The first-order valence-corrected chi connectivity index (χ1v) is 12.3. The number of nitrogens with one attached hydrogen (secondary N) is 1. The standard InChI is InChI=1S/C22H31N5O6S/c1-14-20(15(2)26(6)24-14)23-21(28)16(3)33-22(29)18-13-17(34(30,31)25(4)5)7-8-19(18)27-9-11-32-12-10-27/h7-8,13,16H,9-12H2,1-6H3,(H,23,28)/t16-/m1/s1. The van der Waals surface area contributed by atoms with Crippen molar-refractivity contribution < 1.29 is 27.5 Å². The minimum atomic E-state index is -3.78. The Labute approximate surface area is 199 Å². The fourth-order valence-electron chi connectivity index (χ4n) is 3.59. The van der Waals surface area contributed by atoms with E-state index in [9.17, 15) is 18.0 Å². The van der Waals surface area contributed by atoms with Gasteiger partial charge < -0.3 is 19.7 Å². The molecule has 1 aromatic carbocycles. The first-order valence-electron chi connectivity index (χ1n) is 10.8. The first kappa shape index (κ1) is 25.7. The number of benzene rings is 1. The summed E-state index contributed by atoms with van der Waals surface area (Å²) in [7, 11) is 0.817. The second kappa shape index (κ2) is 10.1. The SMILES string of the molecule is Cc1nn(C)c(C)c1NC(=O)[C@@H](C)OC(=O)c1cc(S(=O)(=O)N(C)C)ccc1N1CCOCC1. The molecule has 1 N–H and O–H groups in total. The first-order chi connectivity index (χ1) is 15.9. The molecule has 0 aliphatic carbocycles. The zero-order chi connectivity index (χ0) is 25.2. The third-order valence-corrected chi connectivity index (χ3v) is 7.54. The summed E-state index contributed by atoms with van der Waals surface area (Å²) in [6, 6.07) is 4.34. The molecule has 1 amide bonds. The highest BCUT2D eigenvalue weighted by Gasteiger charge is 2.28. The van der Waals surface area contributed by atoms with Crippen LogP contribution in [0.15, 0.2) is 23.1 Å². The summed E-state index contributed by atoms with van der Waals surface area (Å²) in [4.78, 5) is 27.8. The van der Waals surface area contributed by atoms with Crippen molar-refractivity contribution in [2.75, 3.05) is 50.6 Å². The largest absolute Gasteiger partial charge is 0.449 e. The molecule has 0 saturated carbocycles. The second-order valence-corrected chi connectivity index (χ2v) is 10.4. The molecule has 1 fully saturated rings. The molecule has 12 heteroatoms. The minimum absolute atomic E-state index is 0.0415. The van der Waals surface area contributed by atoms with Crippen molar-refractivity contribution >= 4 is 33.3 Å². The van der Waals surface area contributed by atoms with E-state index in [-0.39, 0.29) is 10.5 Å². The molecule has 186 valence electrons. The number of hydrogen-bond donors (Lipinski definition) is 1. The van der Waals surface area contributed by atoms with Gasteiger partial charge in [-0.15, -0.1) is 0 Å². The van der Waals surface area contributed by atoms with Crippen LogP contribution in [0.3, 0.4) is 0 Å². The van der Waals surface area contributed by atoms with Crippen LogP contribution in [0.5, 0.6) is 0 Å². The lowest BCUT2D eigenvalue weighted by molar-refractivity contribution is -0.123. The zero-order valence-electron chi connectivity index (χ0n) is 20.3. The van der Waals surface area contributed by atoms with Crippen LogP contribution in [0.4, 0.5) is 11.4 Å². The Balaban J connectivity index is 1.88. The number of nitrogens with zero attached hydrogens (tertiary/aromatic N) is 4. The van der Waals surface area contributed by atoms with Crippen molar-refractivity contribution in [3.8, 4) is 0 Å². The summed E-state index contributed by atoms with van der Waals surface area (Å²) in [5, 5.41) is 7.01. The molecular weight excluding hydrogens is 462 g/mol. The van der Waals surface area contributed by atoms with E-state index in [1.165, 1.54) is 33.2 Å². The van der Waals surface area contributed by atoms with Crippen molar-refractivity contribution in [3.05, 3.63) is 35.2 Å². The van der Waals surface area contributed by atoms with E-state index in [1.54, 1.807) is 24.7 Å². The van der Waals surface area contributed by atoms with Crippen LogP contribution in [0.2, 0.25) is 0 Å². The number of carbonyl (C=O) groups excluding carboxylic acids is 2. The van der Waals surface area contributed by atoms with Crippen molar-refractivity contribution in [2.45, 2.75) is 31.8 Å². The van der Waals surface area contributed by atoms with E-state index < -0.39 is 28.0 Å². The van der Waals surface area contributed by atoms with E-state index in [4.69, 9.17) is 9.47 Å². The summed E-state index contributed by atoms with van der Waals surface area (Å²) in [6.45, 7) is 7.08. The lowest BCUT2D eigenvalue weighted by Crippen LogP contribution is -2.37. The number of aromatic nitrogens is 2. The third-order valence-electron chi connectivity index (χ3n) is 5.73. The molecule has 0 radical (unpaired) electrons. The van der Waals surface area contributed by atoms with Gasteiger partial charge in [-0.1, -0.05) is 0 Å². The highest BCUT2D eigenvalue weighted by Crippen LogP contribution is 2.27. The van der Waals surface area contributed by atoms with Crippen LogP contribution in [0.1, 0.15) is 28.7 Å². The van der Waals surface area contributed by atoms with Gasteiger partial charge in [0.25, 0.3) is 5.91 Å². The van der Waals surface area contributed by atoms with Gasteiger partial charge in [0.1, 0.15) is 0 Å². The fourth-order valence-corrected chi connectivity index (χ4v) is 4.52. The molecule has 2 heterocycles. The van der Waals surface area contributed by atoms with Crippen LogP contribution in [0, 0.1) is 13.8 Å². The molecule has 1 aliphatic heterocycles.